The molecule has 0 saturated heterocycles. The van der Waals surface area contributed by atoms with E-state index in [1.54, 1.807) is 0 Å². The van der Waals surface area contributed by atoms with Gasteiger partial charge in [0.1, 0.15) is 10.1 Å². The average molecular weight is 231 g/mol. The summed E-state index contributed by atoms with van der Waals surface area (Å²) < 4.78 is 31.9. The molecule has 0 aliphatic heterocycles. The fraction of sp³-hybridized carbons (Fsp3) is 0. The SMILES string of the molecule is O=c1[nH]c2ccc(S(=O)(=O)[O-])cc2[nH]1.[NH4+]. The highest BCUT2D eigenvalue weighted by Crippen LogP contribution is 2.13. The second kappa shape index (κ2) is 3.50. The highest BCUT2D eigenvalue weighted by Gasteiger charge is 2.04. The van der Waals surface area contributed by atoms with Crippen molar-refractivity contribution >= 4 is 21.2 Å². The first kappa shape index (κ1) is 11.4. The molecule has 0 bridgehead atoms. The summed E-state index contributed by atoms with van der Waals surface area (Å²) in [5.41, 5.74) is 0.315. The van der Waals surface area contributed by atoms with Crippen LogP contribution in [0.4, 0.5) is 0 Å². The van der Waals surface area contributed by atoms with Crippen LogP contribution in [0.25, 0.3) is 11.0 Å². The van der Waals surface area contributed by atoms with Crippen molar-refractivity contribution in [1.82, 2.24) is 16.1 Å². The van der Waals surface area contributed by atoms with Crippen LogP contribution < -0.4 is 11.8 Å². The lowest BCUT2D eigenvalue weighted by Gasteiger charge is -2.05. The smallest absolute Gasteiger partial charge is 0.323 e. The summed E-state index contributed by atoms with van der Waals surface area (Å²) in [5.74, 6) is 0. The largest absolute Gasteiger partial charge is 0.744 e. The van der Waals surface area contributed by atoms with E-state index < -0.39 is 15.8 Å². The van der Waals surface area contributed by atoms with Crippen molar-refractivity contribution in [3.8, 4) is 0 Å². The summed E-state index contributed by atoms with van der Waals surface area (Å²) in [6.07, 6.45) is 0. The Morgan fingerprint density at radius 3 is 2.33 bits per heavy atom. The Bertz CT molecular complexity index is 640. The maximum atomic E-state index is 10.8. The normalized spacial score (nSPS) is 11.3. The number of hydrogen-bond donors (Lipinski definition) is 3. The van der Waals surface area contributed by atoms with E-state index in [0.717, 1.165) is 12.1 Å². The Kier molecular flexibility index (Phi) is 2.67. The summed E-state index contributed by atoms with van der Waals surface area (Å²) in [6.45, 7) is 0. The molecule has 82 valence electrons. The van der Waals surface area contributed by atoms with E-state index in [9.17, 15) is 17.8 Å². The lowest BCUT2D eigenvalue weighted by atomic mass is 10.3. The van der Waals surface area contributed by atoms with Crippen LogP contribution in [0.15, 0.2) is 27.9 Å². The standard InChI is InChI=1S/C7H6N2O4S.H3N/c10-7-8-5-2-1-4(14(11,12)13)3-6(5)9-7;/h1-3H,(H2,8,9,10)(H,11,12,13);1H3. The van der Waals surface area contributed by atoms with Gasteiger partial charge < -0.3 is 20.7 Å². The summed E-state index contributed by atoms with van der Waals surface area (Å²) in [7, 11) is -4.47. The summed E-state index contributed by atoms with van der Waals surface area (Å²) in [5, 5.41) is 0. The second-order valence-electron chi connectivity index (χ2n) is 2.74. The lowest BCUT2D eigenvalue weighted by molar-refractivity contribution is 0.463. The molecule has 1 heterocycles. The van der Waals surface area contributed by atoms with Gasteiger partial charge in [-0.2, -0.15) is 0 Å². The molecule has 0 atom stereocenters. The van der Waals surface area contributed by atoms with Gasteiger partial charge in [0.25, 0.3) is 0 Å². The Morgan fingerprint density at radius 1 is 1.13 bits per heavy atom. The molecule has 6 N–H and O–H groups in total. The van der Waals surface area contributed by atoms with Gasteiger partial charge in [0, 0.05) is 0 Å². The second-order valence-corrected chi connectivity index (χ2v) is 4.12. The molecule has 0 radical (unpaired) electrons. The Morgan fingerprint density at radius 2 is 1.73 bits per heavy atom. The molecule has 0 spiro atoms. The highest BCUT2D eigenvalue weighted by molar-refractivity contribution is 7.85. The highest BCUT2D eigenvalue weighted by atomic mass is 32.2. The van der Waals surface area contributed by atoms with Crippen molar-refractivity contribution in [3.05, 3.63) is 28.7 Å². The fourth-order valence-electron chi connectivity index (χ4n) is 1.17. The number of fused-ring (bicyclic) bond motifs is 1. The van der Waals surface area contributed by atoms with Gasteiger partial charge in [0.2, 0.25) is 0 Å². The van der Waals surface area contributed by atoms with Gasteiger partial charge in [-0.05, 0) is 18.2 Å². The fourth-order valence-corrected chi connectivity index (χ4v) is 1.66. The van der Waals surface area contributed by atoms with E-state index >= 15 is 0 Å². The predicted octanol–water partition coefficient (Wildman–Crippen LogP) is 0.136. The van der Waals surface area contributed by atoms with Gasteiger partial charge >= 0.3 is 5.69 Å². The van der Waals surface area contributed by atoms with Crippen LogP contribution >= 0.6 is 0 Å². The maximum Gasteiger partial charge on any atom is 0.323 e. The van der Waals surface area contributed by atoms with Crippen molar-refractivity contribution in [1.29, 1.82) is 0 Å². The van der Waals surface area contributed by atoms with E-state index in [0.29, 0.717) is 11.0 Å². The molecule has 0 fully saturated rings. The molecular formula is C7H9N3O4S. The molecule has 7 nitrogen and oxygen atoms in total. The van der Waals surface area contributed by atoms with Crippen LogP contribution in [0.1, 0.15) is 0 Å². The van der Waals surface area contributed by atoms with E-state index in [4.69, 9.17) is 0 Å². The first-order chi connectivity index (χ1) is 6.47. The number of H-pyrrole nitrogens is 2. The van der Waals surface area contributed by atoms with Gasteiger partial charge in [-0.1, -0.05) is 0 Å². The monoisotopic (exact) mass is 231 g/mol. The number of aromatic amines is 2. The zero-order valence-corrected chi connectivity index (χ0v) is 8.59. The number of aromatic nitrogens is 2. The van der Waals surface area contributed by atoms with Gasteiger partial charge in [0.05, 0.1) is 15.9 Å². The zero-order chi connectivity index (χ0) is 10.3. The minimum atomic E-state index is -4.47. The molecule has 0 aliphatic carbocycles. The molecule has 15 heavy (non-hydrogen) atoms. The molecule has 1 aromatic heterocycles. The maximum absolute atomic E-state index is 10.8. The van der Waals surface area contributed by atoms with E-state index in [2.05, 4.69) is 9.97 Å². The van der Waals surface area contributed by atoms with Crippen molar-refractivity contribution < 1.29 is 13.0 Å². The van der Waals surface area contributed by atoms with Crippen molar-refractivity contribution in [2.45, 2.75) is 4.90 Å². The molecule has 0 amide bonds. The minimum Gasteiger partial charge on any atom is -0.744 e. The summed E-state index contributed by atoms with van der Waals surface area (Å²) in [4.78, 5) is 15.2. The third-order valence-electron chi connectivity index (χ3n) is 1.78. The molecule has 1 aromatic carbocycles. The number of imidazole rings is 1. The van der Waals surface area contributed by atoms with E-state index in [1.165, 1.54) is 6.07 Å². The third kappa shape index (κ3) is 2.06. The quantitative estimate of drug-likeness (QED) is 0.599. The number of quaternary nitrogens is 1. The Balaban J connectivity index is 0.00000112. The molecule has 2 aromatic rings. The average Bonchev–Trinajstić information content (AvgIpc) is 2.41. The third-order valence-corrected chi connectivity index (χ3v) is 2.61. The van der Waals surface area contributed by atoms with Crippen molar-refractivity contribution in [3.63, 3.8) is 0 Å². The first-order valence-electron chi connectivity index (χ1n) is 3.65. The predicted molar refractivity (Wildman–Crippen MR) is 52.9 cm³/mol. The number of rotatable bonds is 1. The molecule has 2 rings (SSSR count). The van der Waals surface area contributed by atoms with Gasteiger partial charge in [-0.15, -0.1) is 0 Å². The topological polar surface area (TPSA) is 142 Å². The van der Waals surface area contributed by atoms with Crippen molar-refractivity contribution in [2.24, 2.45) is 0 Å². The Labute approximate surface area is 84.5 Å². The molecule has 8 heteroatoms. The van der Waals surface area contributed by atoms with E-state index in [1.807, 2.05) is 0 Å². The summed E-state index contributed by atoms with van der Waals surface area (Å²) >= 11 is 0. The first-order valence-corrected chi connectivity index (χ1v) is 5.05. The summed E-state index contributed by atoms with van der Waals surface area (Å²) in [6, 6.07) is 3.63. The van der Waals surface area contributed by atoms with Crippen LogP contribution in [0.5, 0.6) is 0 Å². The van der Waals surface area contributed by atoms with Crippen molar-refractivity contribution in [2.75, 3.05) is 0 Å². The zero-order valence-electron chi connectivity index (χ0n) is 7.77. The molecule has 0 aliphatic rings. The lowest BCUT2D eigenvalue weighted by Crippen LogP contribution is -1.99. The van der Waals surface area contributed by atoms with Crippen LogP contribution in [0.3, 0.4) is 0 Å². The number of nitrogens with one attached hydrogen (secondary N) is 2. The van der Waals surface area contributed by atoms with E-state index in [-0.39, 0.29) is 11.0 Å². The molecule has 0 saturated carbocycles. The van der Waals surface area contributed by atoms with Crippen LogP contribution in [0.2, 0.25) is 0 Å². The minimum absolute atomic E-state index is 0. The van der Waals surface area contributed by atoms with Gasteiger partial charge in [-0.25, -0.2) is 13.2 Å². The van der Waals surface area contributed by atoms with Crippen LogP contribution in [-0.2, 0) is 10.1 Å². The Hall–Kier alpha value is -1.64. The number of benzene rings is 1. The molecular weight excluding hydrogens is 222 g/mol. The molecule has 0 unspecified atom stereocenters. The number of hydrogen-bond acceptors (Lipinski definition) is 4. The van der Waals surface area contributed by atoms with Crippen LogP contribution in [0, 0.1) is 0 Å². The van der Waals surface area contributed by atoms with Gasteiger partial charge in [-0.3, -0.25) is 0 Å². The van der Waals surface area contributed by atoms with Crippen LogP contribution in [-0.4, -0.2) is 22.9 Å². The van der Waals surface area contributed by atoms with Gasteiger partial charge in [0.15, 0.2) is 0 Å².